The fourth-order valence-corrected chi connectivity index (χ4v) is 0.912. The second-order valence-corrected chi connectivity index (χ2v) is 2.05. The Hall–Kier alpha value is -0.410. The Morgan fingerprint density at radius 2 is 1.90 bits per heavy atom. The Kier molecular flexibility index (Phi) is 6.43. The highest BCUT2D eigenvalue weighted by Gasteiger charge is 2.10. The number of ether oxygens (including phenoxy) is 2. The van der Waals surface area contributed by atoms with E-state index < -0.39 is 0 Å². The predicted octanol–water partition coefficient (Wildman–Crippen LogP) is 0.627. The molecule has 3 nitrogen and oxygen atoms in total. The van der Waals surface area contributed by atoms with Crippen molar-refractivity contribution < 1.29 is 14.3 Å². The lowest BCUT2D eigenvalue weighted by atomic mass is 10.2. The van der Waals surface area contributed by atoms with E-state index >= 15 is 0 Å². The van der Waals surface area contributed by atoms with E-state index in [1.807, 2.05) is 6.79 Å². The molecule has 1 aliphatic rings. The average Bonchev–Trinajstić information content (AvgIpc) is 2.10. The second-order valence-electron chi connectivity index (χ2n) is 2.05. The molecule has 0 atom stereocenters. The molecule has 0 aromatic rings. The quantitative estimate of drug-likeness (QED) is 0.544. The van der Waals surface area contributed by atoms with Crippen LogP contribution in [-0.2, 0) is 14.3 Å². The van der Waals surface area contributed by atoms with E-state index in [1.165, 1.54) is 0 Å². The number of hydrogen-bond acceptors (Lipinski definition) is 3. The van der Waals surface area contributed by atoms with Gasteiger partial charge in [-0.1, -0.05) is 0 Å². The summed E-state index contributed by atoms with van der Waals surface area (Å²) in [6.45, 7) is 3.75. The zero-order valence-electron chi connectivity index (χ0n) is 6.34. The van der Waals surface area contributed by atoms with E-state index in [0.717, 1.165) is 26.1 Å². The van der Waals surface area contributed by atoms with Crippen molar-refractivity contribution in [2.45, 2.75) is 18.9 Å². The SMILES string of the molecule is C=O.COC1CCOCC1. The van der Waals surface area contributed by atoms with Crippen LogP contribution in [0.2, 0.25) is 0 Å². The van der Waals surface area contributed by atoms with E-state index in [9.17, 15) is 0 Å². The van der Waals surface area contributed by atoms with Crippen LogP contribution >= 0.6 is 0 Å². The van der Waals surface area contributed by atoms with Crippen LogP contribution in [0.25, 0.3) is 0 Å². The third-order valence-electron chi connectivity index (χ3n) is 1.50. The highest BCUT2D eigenvalue weighted by molar-refractivity contribution is 5.10. The molecule has 60 valence electrons. The van der Waals surface area contributed by atoms with Crippen LogP contribution in [0, 0.1) is 0 Å². The van der Waals surface area contributed by atoms with Crippen molar-refractivity contribution in [2.24, 2.45) is 0 Å². The van der Waals surface area contributed by atoms with Gasteiger partial charge in [0.15, 0.2) is 0 Å². The minimum absolute atomic E-state index is 0.462. The molecule has 0 aromatic carbocycles. The van der Waals surface area contributed by atoms with Crippen molar-refractivity contribution in [1.82, 2.24) is 0 Å². The van der Waals surface area contributed by atoms with Gasteiger partial charge in [-0.2, -0.15) is 0 Å². The molecule has 1 heterocycles. The monoisotopic (exact) mass is 146 g/mol. The highest BCUT2D eigenvalue weighted by atomic mass is 16.5. The fraction of sp³-hybridized carbons (Fsp3) is 0.857. The molecule has 0 N–H and O–H groups in total. The standard InChI is InChI=1S/C6H12O2.CH2O/c1-7-6-2-4-8-5-3-6;1-2/h6H,2-5H2,1H3;1H2. The number of carbonyl (C=O) groups is 1. The molecule has 0 aliphatic carbocycles. The fourth-order valence-electron chi connectivity index (χ4n) is 0.912. The van der Waals surface area contributed by atoms with Crippen molar-refractivity contribution >= 4 is 6.79 Å². The summed E-state index contributed by atoms with van der Waals surface area (Å²) in [7, 11) is 1.76. The molecule has 0 unspecified atom stereocenters. The van der Waals surface area contributed by atoms with Gasteiger partial charge in [0.2, 0.25) is 0 Å². The van der Waals surface area contributed by atoms with Crippen LogP contribution in [0.15, 0.2) is 0 Å². The first-order chi connectivity index (χ1) is 4.93. The Bertz CT molecular complexity index is 69.3. The minimum Gasteiger partial charge on any atom is -0.381 e. The first-order valence-electron chi connectivity index (χ1n) is 3.33. The average molecular weight is 146 g/mol. The Morgan fingerprint density at radius 3 is 2.20 bits per heavy atom. The van der Waals surface area contributed by atoms with Crippen molar-refractivity contribution in [3.63, 3.8) is 0 Å². The van der Waals surface area contributed by atoms with Crippen molar-refractivity contribution in [3.8, 4) is 0 Å². The molecule has 1 saturated heterocycles. The van der Waals surface area contributed by atoms with Gasteiger partial charge in [0.05, 0.1) is 6.10 Å². The molecule has 0 saturated carbocycles. The molecular weight excluding hydrogens is 132 g/mol. The Labute approximate surface area is 61.3 Å². The molecule has 0 amide bonds. The maximum Gasteiger partial charge on any atom is 0.106 e. The summed E-state index contributed by atoms with van der Waals surface area (Å²) in [5.41, 5.74) is 0. The predicted molar refractivity (Wildman–Crippen MR) is 38.0 cm³/mol. The van der Waals surface area contributed by atoms with Gasteiger partial charge < -0.3 is 14.3 Å². The maximum absolute atomic E-state index is 8.00. The van der Waals surface area contributed by atoms with Crippen LogP contribution in [0.1, 0.15) is 12.8 Å². The lowest BCUT2D eigenvalue weighted by Gasteiger charge is -2.19. The van der Waals surface area contributed by atoms with Crippen LogP contribution < -0.4 is 0 Å². The smallest absolute Gasteiger partial charge is 0.106 e. The Balaban J connectivity index is 0.000000371. The normalized spacial score (nSPS) is 19.3. The highest BCUT2D eigenvalue weighted by Crippen LogP contribution is 2.08. The molecule has 1 fully saturated rings. The summed E-state index contributed by atoms with van der Waals surface area (Å²) in [6.07, 6.45) is 2.59. The third kappa shape index (κ3) is 3.58. The summed E-state index contributed by atoms with van der Waals surface area (Å²) in [6, 6.07) is 0. The largest absolute Gasteiger partial charge is 0.381 e. The van der Waals surface area contributed by atoms with E-state index in [-0.39, 0.29) is 0 Å². The van der Waals surface area contributed by atoms with Gasteiger partial charge in [-0.05, 0) is 12.8 Å². The van der Waals surface area contributed by atoms with Gasteiger partial charge in [0.25, 0.3) is 0 Å². The van der Waals surface area contributed by atoms with Crippen molar-refractivity contribution in [1.29, 1.82) is 0 Å². The van der Waals surface area contributed by atoms with Crippen LogP contribution in [0.5, 0.6) is 0 Å². The van der Waals surface area contributed by atoms with E-state index in [4.69, 9.17) is 14.3 Å². The second kappa shape index (κ2) is 6.71. The van der Waals surface area contributed by atoms with Gasteiger partial charge in [0.1, 0.15) is 6.79 Å². The molecule has 1 aliphatic heterocycles. The number of carbonyl (C=O) groups excluding carboxylic acids is 1. The molecule has 0 aromatic heterocycles. The van der Waals surface area contributed by atoms with Gasteiger partial charge >= 0.3 is 0 Å². The summed E-state index contributed by atoms with van der Waals surface area (Å²) in [5.74, 6) is 0. The van der Waals surface area contributed by atoms with Gasteiger partial charge in [0, 0.05) is 20.3 Å². The van der Waals surface area contributed by atoms with E-state index in [0.29, 0.717) is 6.10 Å². The lowest BCUT2D eigenvalue weighted by Crippen LogP contribution is -2.21. The summed E-state index contributed by atoms with van der Waals surface area (Å²) in [4.78, 5) is 8.00. The number of hydrogen-bond donors (Lipinski definition) is 0. The van der Waals surface area contributed by atoms with Crippen molar-refractivity contribution in [2.75, 3.05) is 20.3 Å². The number of methoxy groups -OCH3 is 1. The lowest BCUT2D eigenvalue weighted by molar-refractivity contribution is -0.0979. The molecule has 0 bridgehead atoms. The summed E-state index contributed by atoms with van der Waals surface area (Å²) >= 11 is 0. The van der Waals surface area contributed by atoms with Gasteiger partial charge in [-0.3, -0.25) is 0 Å². The molecular formula is C7H14O3. The molecule has 1 rings (SSSR count). The molecule has 3 heteroatoms. The van der Waals surface area contributed by atoms with Gasteiger partial charge in [-0.25, -0.2) is 0 Å². The van der Waals surface area contributed by atoms with Crippen LogP contribution in [0.3, 0.4) is 0 Å². The maximum atomic E-state index is 8.00. The summed E-state index contributed by atoms with van der Waals surface area (Å²) in [5, 5.41) is 0. The topological polar surface area (TPSA) is 35.5 Å². The zero-order chi connectivity index (χ0) is 7.82. The van der Waals surface area contributed by atoms with Gasteiger partial charge in [-0.15, -0.1) is 0 Å². The van der Waals surface area contributed by atoms with E-state index in [2.05, 4.69) is 0 Å². The third-order valence-corrected chi connectivity index (χ3v) is 1.50. The van der Waals surface area contributed by atoms with Crippen LogP contribution in [0.4, 0.5) is 0 Å². The Morgan fingerprint density at radius 1 is 1.40 bits per heavy atom. The molecule has 10 heavy (non-hydrogen) atoms. The van der Waals surface area contributed by atoms with E-state index in [1.54, 1.807) is 7.11 Å². The first-order valence-corrected chi connectivity index (χ1v) is 3.33. The van der Waals surface area contributed by atoms with Crippen LogP contribution in [-0.4, -0.2) is 33.2 Å². The molecule has 0 spiro atoms. The summed E-state index contributed by atoms with van der Waals surface area (Å²) < 4.78 is 10.2. The number of rotatable bonds is 1. The zero-order valence-corrected chi connectivity index (χ0v) is 6.34. The minimum atomic E-state index is 0.462. The molecule has 0 radical (unpaired) electrons. The first kappa shape index (κ1) is 9.59. The van der Waals surface area contributed by atoms with Crippen molar-refractivity contribution in [3.05, 3.63) is 0 Å².